The van der Waals surface area contributed by atoms with E-state index < -0.39 is 19.2 Å². The Morgan fingerprint density at radius 3 is 2.37 bits per heavy atom. The number of Topliss-reactive ketones (excluding diaryl/α,β-unsaturated/α-hetero) is 1. The Kier molecular flexibility index (Phi) is 12.2. The fraction of sp³-hybridized carbons (Fsp3) is 0.367. The van der Waals surface area contributed by atoms with E-state index in [2.05, 4.69) is 15.3 Å². The summed E-state index contributed by atoms with van der Waals surface area (Å²) < 4.78 is 45.4. The number of allylic oxidation sites excluding steroid dienone is 1. The molecule has 11 nitrogen and oxygen atoms in total. The number of aromatic nitrogens is 2. The minimum Gasteiger partial charge on any atom is -0.507 e. The molecule has 1 aliphatic rings. The molecule has 246 valence electrons. The lowest BCUT2D eigenvalue weighted by Gasteiger charge is -2.27. The van der Waals surface area contributed by atoms with Gasteiger partial charge in [0.15, 0.2) is 5.13 Å². The molecule has 0 atom stereocenters. The largest absolute Gasteiger partial charge is 0.762 e. The van der Waals surface area contributed by atoms with E-state index in [0.717, 1.165) is 11.3 Å². The zero-order valence-electron chi connectivity index (χ0n) is 26.2. The lowest BCUT2D eigenvalue weighted by molar-refractivity contribution is -0.114. The molecule has 0 unspecified atom stereocenters. The highest BCUT2D eigenvalue weighted by molar-refractivity contribution is 7.18. The summed E-state index contributed by atoms with van der Waals surface area (Å²) in [5, 5.41) is 14.1. The van der Waals surface area contributed by atoms with Gasteiger partial charge in [0.25, 0.3) is 0 Å². The van der Waals surface area contributed by atoms with Crippen molar-refractivity contribution < 1.29 is 46.6 Å². The molecular weight excluding hydrogens is 628 g/mol. The van der Waals surface area contributed by atoms with E-state index in [4.69, 9.17) is 14.2 Å². The SMILES string of the molecule is COc1ccc(CN(C(=O)OC(C)(C)C)c2ccc(C(O)=C3CCCc4nc(NC(C)=O)sc4C3=O)cn2)c(OC)c1.FB(F)F. The van der Waals surface area contributed by atoms with Crippen LogP contribution in [0, 0.1) is 0 Å². The number of halogens is 3. The molecule has 1 aliphatic carbocycles. The molecular formula is C30H34BF3N4O7S. The van der Waals surface area contributed by atoms with Gasteiger partial charge in [0.2, 0.25) is 11.7 Å². The predicted molar refractivity (Wildman–Crippen MR) is 169 cm³/mol. The maximum Gasteiger partial charge on any atom is 0.762 e. The molecule has 2 aromatic heterocycles. The van der Waals surface area contributed by atoms with Gasteiger partial charge in [-0.05, 0) is 64.3 Å². The molecule has 46 heavy (non-hydrogen) atoms. The number of ether oxygens (including phenoxy) is 3. The number of nitrogens with zero attached hydrogens (tertiary/aromatic N) is 3. The summed E-state index contributed by atoms with van der Waals surface area (Å²) in [7, 11) is -0.580. The Balaban J connectivity index is 0.00000136. The van der Waals surface area contributed by atoms with Gasteiger partial charge in [-0.3, -0.25) is 27.4 Å². The van der Waals surface area contributed by atoms with E-state index >= 15 is 0 Å². The first-order valence-corrected chi connectivity index (χ1v) is 14.8. The van der Waals surface area contributed by atoms with Gasteiger partial charge in [0.05, 0.1) is 31.3 Å². The topological polar surface area (TPSA) is 140 Å². The average Bonchev–Trinajstić information content (AvgIpc) is 3.31. The van der Waals surface area contributed by atoms with Crippen LogP contribution in [0.3, 0.4) is 0 Å². The summed E-state index contributed by atoms with van der Waals surface area (Å²) in [6.45, 7) is 6.78. The number of anilines is 2. The molecule has 3 aromatic rings. The molecule has 0 spiro atoms. The molecule has 0 radical (unpaired) electrons. The van der Waals surface area contributed by atoms with Crippen molar-refractivity contribution in [3.63, 3.8) is 0 Å². The lowest BCUT2D eigenvalue weighted by Crippen LogP contribution is -2.37. The van der Waals surface area contributed by atoms with Crippen molar-refractivity contribution in [2.45, 2.75) is 59.1 Å². The first-order valence-electron chi connectivity index (χ1n) is 14.0. The van der Waals surface area contributed by atoms with Crippen LogP contribution in [0.2, 0.25) is 0 Å². The fourth-order valence-corrected chi connectivity index (χ4v) is 5.41. The van der Waals surface area contributed by atoms with E-state index in [1.165, 1.54) is 25.1 Å². The summed E-state index contributed by atoms with van der Waals surface area (Å²) in [4.78, 5) is 48.7. The molecule has 0 bridgehead atoms. The minimum absolute atomic E-state index is 0.0881. The first kappa shape index (κ1) is 35.9. The van der Waals surface area contributed by atoms with E-state index in [1.807, 2.05) is 0 Å². The summed E-state index contributed by atoms with van der Waals surface area (Å²) in [5.74, 6) is 0.609. The second-order valence-corrected chi connectivity index (χ2v) is 11.9. The Morgan fingerprint density at radius 2 is 1.80 bits per heavy atom. The number of thiazole rings is 1. The average molecular weight is 662 g/mol. The number of benzene rings is 1. The van der Waals surface area contributed by atoms with Crippen LogP contribution in [-0.2, 0) is 22.5 Å². The summed E-state index contributed by atoms with van der Waals surface area (Å²) in [6.07, 6.45) is 2.30. The van der Waals surface area contributed by atoms with E-state index in [9.17, 15) is 32.4 Å². The number of amides is 2. The van der Waals surface area contributed by atoms with Gasteiger partial charge in [0, 0.05) is 35.9 Å². The molecule has 0 saturated carbocycles. The number of aryl methyl sites for hydroxylation is 1. The second kappa shape index (κ2) is 15.6. The molecule has 16 heteroatoms. The standard InChI is InChI=1S/C30H34N4O7S.BF3/c1-17(35)32-28-33-22-9-7-8-21(26(37)27(22)42-28)25(36)18-11-13-24(31-15-18)34(29(38)41-30(2,3)4)16-19-10-12-20(39-5)14-23(19)40-6;2-1(3)4/h10-15,36H,7-9,16H2,1-6H3,(H,32,33,35);. The number of methoxy groups -OCH3 is 2. The van der Waals surface area contributed by atoms with E-state index in [0.29, 0.717) is 57.6 Å². The Bertz CT molecular complexity index is 1590. The number of carbonyl (C=O) groups excluding carboxylic acids is 3. The number of hydrogen-bond acceptors (Lipinski definition) is 10. The van der Waals surface area contributed by atoms with Crippen LogP contribution in [-0.4, -0.2) is 60.2 Å². The lowest BCUT2D eigenvalue weighted by atomic mass is 10.0. The molecule has 2 N–H and O–H groups in total. The molecule has 0 fully saturated rings. The van der Waals surface area contributed by atoms with E-state index in [-0.39, 0.29) is 35.4 Å². The normalized spacial score (nSPS) is 13.7. The van der Waals surface area contributed by atoms with Crippen LogP contribution < -0.4 is 19.7 Å². The third kappa shape index (κ3) is 9.70. The van der Waals surface area contributed by atoms with Crippen LogP contribution in [0.4, 0.5) is 28.7 Å². The van der Waals surface area contributed by atoms with Crippen LogP contribution in [0.5, 0.6) is 11.5 Å². The highest BCUT2D eigenvalue weighted by Gasteiger charge is 2.29. The number of rotatable bonds is 7. The van der Waals surface area contributed by atoms with Gasteiger partial charge < -0.3 is 24.6 Å². The number of carbonyl (C=O) groups is 3. The first-order chi connectivity index (χ1) is 21.6. The third-order valence-electron chi connectivity index (χ3n) is 6.32. The highest BCUT2D eigenvalue weighted by atomic mass is 32.1. The smallest absolute Gasteiger partial charge is 0.507 e. The molecule has 0 saturated heterocycles. The van der Waals surface area contributed by atoms with Crippen LogP contribution >= 0.6 is 11.3 Å². The third-order valence-corrected chi connectivity index (χ3v) is 7.33. The van der Waals surface area contributed by atoms with Gasteiger partial charge >= 0.3 is 13.6 Å². The van der Waals surface area contributed by atoms with Gasteiger partial charge in [0.1, 0.15) is 28.7 Å². The van der Waals surface area contributed by atoms with Crippen molar-refractivity contribution in [3.8, 4) is 11.5 Å². The fourth-order valence-electron chi connectivity index (χ4n) is 4.38. The Labute approximate surface area is 268 Å². The number of hydrogen-bond donors (Lipinski definition) is 2. The minimum atomic E-state index is -3.67. The van der Waals surface area contributed by atoms with Crippen molar-refractivity contribution in [3.05, 3.63) is 63.8 Å². The summed E-state index contributed by atoms with van der Waals surface area (Å²) in [5.41, 5.74) is 1.11. The van der Waals surface area contributed by atoms with Crippen molar-refractivity contribution in [1.82, 2.24) is 9.97 Å². The van der Waals surface area contributed by atoms with Gasteiger partial charge in [-0.2, -0.15) is 0 Å². The van der Waals surface area contributed by atoms with Crippen molar-refractivity contribution in [2.75, 3.05) is 24.4 Å². The maximum absolute atomic E-state index is 13.4. The molecule has 0 aliphatic heterocycles. The van der Waals surface area contributed by atoms with Crippen molar-refractivity contribution in [1.29, 1.82) is 0 Å². The van der Waals surface area contributed by atoms with Gasteiger partial charge in [-0.1, -0.05) is 11.3 Å². The zero-order valence-corrected chi connectivity index (χ0v) is 27.0. The molecule has 2 heterocycles. The predicted octanol–water partition coefficient (Wildman–Crippen LogP) is 6.82. The Morgan fingerprint density at radius 1 is 1.11 bits per heavy atom. The molecule has 2 amide bonds. The van der Waals surface area contributed by atoms with Crippen LogP contribution in [0.15, 0.2) is 42.1 Å². The number of pyridine rings is 1. The van der Waals surface area contributed by atoms with Crippen molar-refractivity contribution in [2.24, 2.45) is 0 Å². The monoisotopic (exact) mass is 662 g/mol. The number of nitrogens with one attached hydrogen (secondary N) is 1. The van der Waals surface area contributed by atoms with E-state index in [1.54, 1.807) is 58.2 Å². The van der Waals surface area contributed by atoms with Gasteiger partial charge in [-0.15, -0.1) is 0 Å². The number of aliphatic hydroxyl groups is 1. The zero-order chi connectivity index (χ0) is 34.2. The summed E-state index contributed by atoms with van der Waals surface area (Å²) in [6, 6.07) is 8.47. The summed E-state index contributed by atoms with van der Waals surface area (Å²) >= 11 is 1.09. The highest BCUT2D eigenvalue weighted by Crippen LogP contribution is 2.34. The number of ketones is 1. The van der Waals surface area contributed by atoms with Crippen LogP contribution in [0.25, 0.3) is 5.76 Å². The maximum atomic E-state index is 13.4. The van der Waals surface area contributed by atoms with Gasteiger partial charge in [-0.25, -0.2) is 14.8 Å². The Hall–Kier alpha value is -4.60. The number of aliphatic hydroxyl groups excluding tert-OH is 1. The van der Waals surface area contributed by atoms with Crippen LogP contribution in [0.1, 0.15) is 67.0 Å². The molecule has 1 aromatic carbocycles. The second-order valence-electron chi connectivity index (χ2n) is 10.9. The quantitative estimate of drug-likeness (QED) is 0.121. The van der Waals surface area contributed by atoms with Crippen molar-refractivity contribution >= 4 is 53.4 Å². The number of fused-ring (bicyclic) bond motifs is 1. The molecule has 4 rings (SSSR count).